The molecule has 0 radical (unpaired) electrons. The summed E-state index contributed by atoms with van der Waals surface area (Å²) in [6, 6.07) is 12.4. The lowest BCUT2D eigenvalue weighted by Gasteiger charge is -2.08. The summed E-state index contributed by atoms with van der Waals surface area (Å²) in [5, 5.41) is 2.60. The predicted molar refractivity (Wildman–Crippen MR) is 95.7 cm³/mol. The van der Waals surface area contributed by atoms with Crippen molar-refractivity contribution in [2.75, 3.05) is 11.9 Å². The Morgan fingerprint density at radius 2 is 1.76 bits per heavy atom. The van der Waals surface area contributed by atoms with Gasteiger partial charge in [-0.3, -0.25) is 14.4 Å². The molecule has 0 aromatic heterocycles. The molecule has 0 aliphatic rings. The molecule has 2 aromatic rings. The van der Waals surface area contributed by atoms with Gasteiger partial charge in [-0.2, -0.15) is 0 Å². The number of nitrogens with one attached hydrogen (secondary N) is 1. The lowest BCUT2D eigenvalue weighted by molar-refractivity contribution is -0.146. The standard InChI is InChI=1S/C20H21NO4/c1-13-7-8-16(9-14(13)2)10-20(24)25-12-19(23)21-18-6-4-5-17(11-18)15(3)22/h4-9,11H,10,12H2,1-3H3,(H,21,23). The van der Waals surface area contributed by atoms with Gasteiger partial charge < -0.3 is 10.1 Å². The second kappa shape index (κ2) is 8.24. The Morgan fingerprint density at radius 1 is 1.00 bits per heavy atom. The van der Waals surface area contributed by atoms with Gasteiger partial charge >= 0.3 is 5.97 Å². The summed E-state index contributed by atoms with van der Waals surface area (Å²) in [6.45, 7) is 5.07. The van der Waals surface area contributed by atoms with E-state index in [0.29, 0.717) is 11.3 Å². The Hall–Kier alpha value is -2.95. The molecule has 0 aliphatic heterocycles. The van der Waals surface area contributed by atoms with Crippen molar-refractivity contribution in [2.45, 2.75) is 27.2 Å². The van der Waals surface area contributed by atoms with E-state index in [1.807, 2.05) is 32.0 Å². The van der Waals surface area contributed by atoms with E-state index in [1.165, 1.54) is 6.92 Å². The first-order chi connectivity index (χ1) is 11.8. The summed E-state index contributed by atoms with van der Waals surface area (Å²) < 4.78 is 5.01. The van der Waals surface area contributed by atoms with E-state index in [0.717, 1.165) is 16.7 Å². The van der Waals surface area contributed by atoms with Crippen LogP contribution in [0, 0.1) is 13.8 Å². The molecule has 0 unspecified atom stereocenters. The zero-order chi connectivity index (χ0) is 18.4. The van der Waals surface area contributed by atoms with Crippen molar-refractivity contribution in [3.63, 3.8) is 0 Å². The largest absolute Gasteiger partial charge is 0.455 e. The molecule has 0 spiro atoms. The molecule has 0 atom stereocenters. The third-order valence-corrected chi connectivity index (χ3v) is 3.84. The Kier molecular flexibility index (Phi) is 6.06. The number of aryl methyl sites for hydroxylation is 2. The maximum Gasteiger partial charge on any atom is 0.310 e. The van der Waals surface area contributed by atoms with E-state index in [-0.39, 0.29) is 18.8 Å². The normalized spacial score (nSPS) is 10.2. The SMILES string of the molecule is CC(=O)c1cccc(NC(=O)COC(=O)Cc2ccc(C)c(C)c2)c1. The van der Waals surface area contributed by atoms with Crippen molar-refractivity contribution in [1.82, 2.24) is 0 Å². The number of ether oxygens (including phenoxy) is 1. The van der Waals surface area contributed by atoms with E-state index in [9.17, 15) is 14.4 Å². The van der Waals surface area contributed by atoms with Crippen LogP contribution in [0.1, 0.15) is 34.0 Å². The van der Waals surface area contributed by atoms with Crippen LogP contribution in [0.5, 0.6) is 0 Å². The summed E-state index contributed by atoms with van der Waals surface area (Å²) in [7, 11) is 0. The molecule has 2 aromatic carbocycles. The lowest BCUT2D eigenvalue weighted by atomic mass is 10.0. The van der Waals surface area contributed by atoms with Gasteiger partial charge in [0.15, 0.2) is 12.4 Å². The maximum atomic E-state index is 11.9. The minimum absolute atomic E-state index is 0.0871. The molecule has 0 fully saturated rings. The molecule has 1 N–H and O–H groups in total. The fourth-order valence-corrected chi connectivity index (χ4v) is 2.29. The number of hydrogen-bond donors (Lipinski definition) is 1. The molecule has 25 heavy (non-hydrogen) atoms. The molecule has 5 heteroatoms. The fourth-order valence-electron chi connectivity index (χ4n) is 2.29. The van der Waals surface area contributed by atoms with Gasteiger partial charge in [0.2, 0.25) is 0 Å². The minimum Gasteiger partial charge on any atom is -0.455 e. The Morgan fingerprint density at radius 3 is 2.44 bits per heavy atom. The second-order valence-electron chi connectivity index (χ2n) is 5.94. The van der Waals surface area contributed by atoms with Crippen LogP contribution in [-0.2, 0) is 20.7 Å². The van der Waals surface area contributed by atoms with Crippen LogP contribution in [-0.4, -0.2) is 24.3 Å². The Balaban J connectivity index is 1.85. The minimum atomic E-state index is -0.462. The van der Waals surface area contributed by atoms with Gasteiger partial charge in [0.1, 0.15) is 0 Å². The average Bonchev–Trinajstić information content (AvgIpc) is 2.56. The van der Waals surface area contributed by atoms with Crippen molar-refractivity contribution in [3.05, 3.63) is 64.7 Å². The van der Waals surface area contributed by atoms with Gasteiger partial charge in [-0.1, -0.05) is 30.3 Å². The van der Waals surface area contributed by atoms with Gasteiger partial charge in [0.05, 0.1) is 6.42 Å². The third kappa shape index (κ3) is 5.57. The maximum absolute atomic E-state index is 11.9. The molecule has 1 amide bonds. The van der Waals surface area contributed by atoms with E-state index < -0.39 is 11.9 Å². The molecule has 0 aliphatic carbocycles. The first-order valence-corrected chi connectivity index (χ1v) is 7.98. The van der Waals surface area contributed by atoms with Crippen molar-refractivity contribution >= 4 is 23.3 Å². The highest BCUT2D eigenvalue weighted by Gasteiger charge is 2.10. The summed E-state index contributed by atoms with van der Waals surface area (Å²) in [6.07, 6.45) is 0.119. The molecule has 0 saturated heterocycles. The number of hydrogen-bond acceptors (Lipinski definition) is 4. The van der Waals surface area contributed by atoms with Gasteiger partial charge in [-0.25, -0.2) is 0 Å². The van der Waals surface area contributed by atoms with E-state index in [2.05, 4.69) is 5.32 Å². The Labute approximate surface area is 147 Å². The molecular formula is C20H21NO4. The van der Waals surface area contributed by atoms with Crippen LogP contribution in [0.2, 0.25) is 0 Å². The molecule has 5 nitrogen and oxygen atoms in total. The van der Waals surface area contributed by atoms with Crippen LogP contribution < -0.4 is 5.32 Å². The summed E-state index contributed by atoms with van der Waals surface area (Å²) in [5.41, 5.74) is 4.10. The zero-order valence-electron chi connectivity index (χ0n) is 14.6. The average molecular weight is 339 g/mol. The smallest absolute Gasteiger partial charge is 0.310 e. The molecular weight excluding hydrogens is 318 g/mol. The highest BCUT2D eigenvalue weighted by Crippen LogP contribution is 2.12. The molecule has 130 valence electrons. The first kappa shape index (κ1) is 18.4. The molecule has 0 bridgehead atoms. The number of anilines is 1. The number of amides is 1. The number of Topliss-reactive ketones (excluding diaryl/α,β-unsaturated/α-hetero) is 1. The van der Waals surface area contributed by atoms with Gasteiger partial charge in [-0.05, 0) is 49.6 Å². The van der Waals surface area contributed by atoms with E-state index in [4.69, 9.17) is 4.74 Å². The van der Waals surface area contributed by atoms with Crippen molar-refractivity contribution in [3.8, 4) is 0 Å². The highest BCUT2D eigenvalue weighted by atomic mass is 16.5. The second-order valence-corrected chi connectivity index (χ2v) is 5.94. The monoisotopic (exact) mass is 339 g/mol. The topological polar surface area (TPSA) is 72.5 Å². The number of esters is 1. The number of rotatable bonds is 6. The summed E-state index contributed by atoms with van der Waals surface area (Å²) in [4.78, 5) is 35.1. The highest BCUT2D eigenvalue weighted by molar-refractivity contribution is 5.97. The van der Waals surface area contributed by atoms with Crippen LogP contribution in [0.15, 0.2) is 42.5 Å². The number of ketones is 1. The number of carbonyl (C=O) groups is 3. The van der Waals surface area contributed by atoms with Gasteiger partial charge in [-0.15, -0.1) is 0 Å². The molecule has 2 rings (SSSR count). The van der Waals surface area contributed by atoms with Crippen molar-refractivity contribution < 1.29 is 19.1 Å². The fraction of sp³-hybridized carbons (Fsp3) is 0.250. The number of carbonyl (C=O) groups excluding carboxylic acids is 3. The Bertz CT molecular complexity index is 811. The lowest BCUT2D eigenvalue weighted by Crippen LogP contribution is -2.21. The summed E-state index contributed by atoms with van der Waals surface area (Å²) >= 11 is 0. The number of benzene rings is 2. The van der Waals surface area contributed by atoms with Crippen LogP contribution in [0.3, 0.4) is 0 Å². The molecule has 0 saturated carbocycles. The first-order valence-electron chi connectivity index (χ1n) is 7.98. The van der Waals surface area contributed by atoms with E-state index in [1.54, 1.807) is 24.3 Å². The van der Waals surface area contributed by atoms with Crippen LogP contribution in [0.4, 0.5) is 5.69 Å². The third-order valence-electron chi connectivity index (χ3n) is 3.84. The van der Waals surface area contributed by atoms with Gasteiger partial charge in [0, 0.05) is 11.3 Å². The predicted octanol–water partition coefficient (Wildman–Crippen LogP) is 3.23. The van der Waals surface area contributed by atoms with Crippen molar-refractivity contribution in [1.29, 1.82) is 0 Å². The van der Waals surface area contributed by atoms with Crippen LogP contribution in [0.25, 0.3) is 0 Å². The van der Waals surface area contributed by atoms with Crippen molar-refractivity contribution in [2.24, 2.45) is 0 Å². The molecule has 0 heterocycles. The van der Waals surface area contributed by atoms with Gasteiger partial charge in [0.25, 0.3) is 5.91 Å². The summed E-state index contributed by atoms with van der Waals surface area (Å²) in [5.74, 6) is -0.999. The van der Waals surface area contributed by atoms with E-state index >= 15 is 0 Å². The zero-order valence-corrected chi connectivity index (χ0v) is 14.6. The van der Waals surface area contributed by atoms with Crippen LogP contribution >= 0.6 is 0 Å². The quantitative estimate of drug-likeness (QED) is 0.648.